The van der Waals surface area contributed by atoms with Gasteiger partial charge >= 0.3 is 0 Å². The summed E-state index contributed by atoms with van der Waals surface area (Å²) in [6.45, 7) is 6.98. The number of anilines is 1. The Morgan fingerprint density at radius 2 is 2.03 bits per heavy atom. The lowest BCUT2D eigenvalue weighted by Gasteiger charge is -2.11. The molecule has 34 heavy (non-hydrogen) atoms. The normalized spacial score (nSPS) is 10.8. The second-order valence-corrected chi connectivity index (χ2v) is 8.55. The second kappa shape index (κ2) is 10.8. The van der Waals surface area contributed by atoms with E-state index in [1.807, 2.05) is 41.0 Å². The lowest BCUT2D eigenvalue weighted by atomic mass is 10.1. The van der Waals surface area contributed by atoms with Crippen LogP contribution in [0.25, 0.3) is 11.4 Å². The van der Waals surface area contributed by atoms with Crippen LogP contribution in [0.5, 0.6) is 5.75 Å². The van der Waals surface area contributed by atoms with Crippen molar-refractivity contribution in [3.05, 3.63) is 84.6 Å². The quantitative estimate of drug-likeness (QED) is 0.270. The van der Waals surface area contributed by atoms with E-state index < -0.39 is 0 Å². The average Bonchev–Trinajstić information content (AvgIpc) is 3.44. The Kier molecular flexibility index (Phi) is 7.44. The summed E-state index contributed by atoms with van der Waals surface area (Å²) in [6, 6.07) is 17.6. The highest BCUT2D eigenvalue weighted by molar-refractivity contribution is 7.99. The van der Waals surface area contributed by atoms with Crippen molar-refractivity contribution < 1.29 is 9.53 Å². The molecule has 9 heteroatoms. The largest absolute Gasteiger partial charge is 0.496 e. The number of para-hydroxylation sites is 1. The number of carbonyl (C=O) groups excluding carboxylic acids is 1. The Morgan fingerprint density at radius 1 is 1.18 bits per heavy atom. The number of methoxy groups -OCH3 is 1. The van der Waals surface area contributed by atoms with Crippen LogP contribution in [-0.4, -0.2) is 43.3 Å². The summed E-state index contributed by atoms with van der Waals surface area (Å²) < 4.78 is 9.17. The first-order chi connectivity index (χ1) is 16.6. The van der Waals surface area contributed by atoms with E-state index in [1.54, 1.807) is 30.1 Å². The van der Waals surface area contributed by atoms with E-state index in [1.165, 1.54) is 17.3 Å². The highest BCUT2D eigenvalue weighted by atomic mass is 32.2. The third kappa shape index (κ3) is 5.37. The number of rotatable bonds is 10. The molecule has 0 radical (unpaired) electrons. The number of amides is 1. The number of benzene rings is 2. The van der Waals surface area contributed by atoms with Gasteiger partial charge in [-0.05, 0) is 24.6 Å². The SMILES string of the molecule is C=CCn1c(SCC(=O)Nc2ccnn2Cc2cccc(C)c2)nnc1-c1ccccc1OC. The van der Waals surface area contributed by atoms with Crippen molar-refractivity contribution in [3.63, 3.8) is 0 Å². The van der Waals surface area contributed by atoms with Crippen LogP contribution in [0.3, 0.4) is 0 Å². The number of aromatic nitrogens is 5. The summed E-state index contributed by atoms with van der Waals surface area (Å²) in [5, 5.41) is 16.6. The van der Waals surface area contributed by atoms with E-state index in [4.69, 9.17) is 4.74 Å². The minimum atomic E-state index is -0.150. The summed E-state index contributed by atoms with van der Waals surface area (Å²) in [7, 11) is 1.62. The van der Waals surface area contributed by atoms with Crippen molar-refractivity contribution in [3.8, 4) is 17.1 Å². The van der Waals surface area contributed by atoms with Gasteiger partial charge in [-0.1, -0.05) is 59.8 Å². The number of aryl methyl sites for hydroxylation is 1. The van der Waals surface area contributed by atoms with Crippen LogP contribution in [0.4, 0.5) is 5.82 Å². The van der Waals surface area contributed by atoms with Crippen LogP contribution in [0, 0.1) is 6.92 Å². The van der Waals surface area contributed by atoms with Gasteiger partial charge in [-0.2, -0.15) is 5.10 Å². The van der Waals surface area contributed by atoms with Gasteiger partial charge in [0, 0.05) is 12.6 Å². The third-order valence-electron chi connectivity index (χ3n) is 5.11. The van der Waals surface area contributed by atoms with Crippen molar-refractivity contribution in [2.45, 2.75) is 25.2 Å². The van der Waals surface area contributed by atoms with Crippen molar-refractivity contribution in [2.24, 2.45) is 0 Å². The van der Waals surface area contributed by atoms with Crippen LogP contribution in [-0.2, 0) is 17.9 Å². The van der Waals surface area contributed by atoms with Gasteiger partial charge in [-0.15, -0.1) is 16.8 Å². The number of allylic oxidation sites excluding steroid dienone is 1. The number of nitrogens with zero attached hydrogens (tertiary/aromatic N) is 5. The van der Waals surface area contributed by atoms with Crippen molar-refractivity contribution in [1.29, 1.82) is 0 Å². The number of nitrogens with one attached hydrogen (secondary N) is 1. The first-order valence-electron chi connectivity index (χ1n) is 10.8. The highest BCUT2D eigenvalue weighted by Crippen LogP contribution is 2.31. The smallest absolute Gasteiger partial charge is 0.235 e. The van der Waals surface area contributed by atoms with Gasteiger partial charge in [-0.3, -0.25) is 9.36 Å². The summed E-state index contributed by atoms with van der Waals surface area (Å²) in [6.07, 6.45) is 3.45. The Bertz CT molecular complexity index is 1300. The molecule has 1 amide bonds. The van der Waals surface area contributed by atoms with Gasteiger partial charge in [0.25, 0.3) is 0 Å². The molecule has 0 aliphatic carbocycles. The monoisotopic (exact) mass is 474 g/mol. The zero-order chi connectivity index (χ0) is 23.9. The van der Waals surface area contributed by atoms with E-state index in [0.717, 1.165) is 11.1 Å². The topological polar surface area (TPSA) is 86.9 Å². The molecule has 0 spiro atoms. The molecule has 0 atom stereocenters. The molecule has 2 heterocycles. The summed E-state index contributed by atoms with van der Waals surface area (Å²) >= 11 is 1.32. The zero-order valence-corrected chi connectivity index (χ0v) is 20.0. The Balaban J connectivity index is 1.45. The van der Waals surface area contributed by atoms with E-state index in [0.29, 0.717) is 35.6 Å². The van der Waals surface area contributed by atoms with Gasteiger partial charge in [0.05, 0.1) is 31.2 Å². The molecule has 8 nitrogen and oxygen atoms in total. The Hall–Kier alpha value is -3.85. The first kappa shape index (κ1) is 23.3. The number of hydrogen-bond donors (Lipinski definition) is 1. The maximum Gasteiger partial charge on any atom is 0.235 e. The predicted molar refractivity (Wildman–Crippen MR) is 134 cm³/mol. The number of carbonyl (C=O) groups is 1. The molecule has 0 unspecified atom stereocenters. The minimum Gasteiger partial charge on any atom is -0.496 e. The molecular weight excluding hydrogens is 448 g/mol. The van der Waals surface area contributed by atoms with Crippen LogP contribution < -0.4 is 10.1 Å². The molecule has 0 saturated carbocycles. The molecule has 4 rings (SSSR count). The van der Waals surface area contributed by atoms with E-state index in [9.17, 15) is 4.79 Å². The first-order valence-corrected chi connectivity index (χ1v) is 11.7. The lowest BCUT2D eigenvalue weighted by molar-refractivity contribution is -0.113. The number of thioether (sulfide) groups is 1. The fourth-order valence-electron chi connectivity index (χ4n) is 3.58. The fraction of sp³-hybridized carbons (Fsp3) is 0.200. The minimum absolute atomic E-state index is 0.150. The maximum absolute atomic E-state index is 12.7. The molecule has 0 fully saturated rings. The number of ether oxygens (including phenoxy) is 1. The maximum atomic E-state index is 12.7. The van der Waals surface area contributed by atoms with Crippen molar-refractivity contribution >= 4 is 23.5 Å². The fourth-order valence-corrected chi connectivity index (χ4v) is 4.32. The molecule has 0 saturated heterocycles. The van der Waals surface area contributed by atoms with E-state index in [2.05, 4.69) is 46.2 Å². The van der Waals surface area contributed by atoms with Gasteiger partial charge in [0.1, 0.15) is 11.6 Å². The van der Waals surface area contributed by atoms with Crippen LogP contribution >= 0.6 is 11.8 Å². The molecule has 0 bridgehead atoms. The average molecular weight is 475 g/mol. The van der Waals surface area contributed by atoms with E-state index >= 15 is 0 Å². The Labute approximate surface area is 202 Å². The molecule has 174 valence electrons. The second-order valence-electron chi connectivity index (χ2n) is 7.61. The summed E-state index contributed by atoms with van der Waals surface area (Å²) in [5.74, 6) is 2.04. The molecule has 1 N–H and O–H groups in total. The summed E-state index contributed by atoms with van der Waals surface area (Å²) in [4.78, 5) is 12.7. The standard InChI is InChI=1S/C25H26N6O2S/c1-4-14-30-24(20-10-5-6-11-21(20)33-3)28-29-25(30)34-17-23(32)27-22-12-13-26-31(22)16-19-9-7-8-18(2)15-19/h4-13,15H,1,14,16-17H2,2-3H3,(H,27,32). The van der Waals surface area contributed by atoms with Gasteiger partial charge in [0.2, 0.25) is 5.91 Å². The van der Waals surface area contributed by atoms with Crippen molar-refractivity contribution in [2.75, 3.05) is 18.2 Å². The zero-order valence-electron chi connectivity index (χ0n) is 19.1. The molecular formula is C25H26N6O2S. The van der Waals surface area contributed by atoms with Crippen molar-refractivity contribution in [1.82, 2.24) is 24.5 Å². The lowest BCUT2D eigenvalue weighted by Crippen LogP contribution is -2.18. The highest BCUT2D eigenvalue weighted by Gasteiger charge is 2.18. The Morgan fingerprint density at radius 3 is 2.82 bits per heavy atom. The molecule has 2 aromatic heterocycles. The number of hydrogen-bond acceptors (Lipinski definition) is 6. The molecule has 4 aromatic rings. The molecule has 0 aliphatic rings. The van der Waals surface area contributed by atoms with Crippen LogP contribution in [0.2, 0.25) is 0 Å². The predicted octanol–water partition coefficient (Wildman–Crippen LogP) is 4.42. The molecule has 0 aliphatic heterocycles. The van der Waals surface area contributed by atoms with Gasteiger partial charge in [0.15, 0.2) is 11.0 Å². The van der Waals surface area contributed by atoms with E-state index in [-0.39, 0.29) is 11.7 Å². The van der Waals surface area contributed by atoms with Crippen LogP contribution in [0.1, 0.15) is 11.1 Å². The van der Waals surface area contributed by atoms with Gasteiger partial charge in [-0.25, -0.2) is 4.68 Å². The van der Waals surface area contributed by atoms with Crippen LogP contribution in [0.15, 0.2) is 78.6 Å². The molecule has 2 aromatic carbocycles. The summed E-state index contributed by atoms with van der Waals surface area (Å²) in [5.41, 5.74) is 3.13. The van der Waals surface area contributed by atoms with Gasteiger partial charge < -0.3 is 10.1 Å². The third-order valence-corrected chi connectivity index (χ3v) is 6.07.